The number of benzene rings is 1. The highest BCUT2D eigenvalue weighted by Crippen LogP contribution is 2.36. The number of aromatic amines is 1. The molecule has 1 aliphatic rings. The maximum Gasteiger partial charge on any atom is 0.270 e. The Morgan fingerprint density at radius 3 is 2.96 bits per heavy atom. The number of H-pyrrole nitrogens is 1. The third kappa shape index (κ3) is 3.19. The molecule has 3 aromatic rings. The molecule has 1 saturated carbocycles. The topological polar surface area (TPSA) is 63.2 Å². The summed E-state index contributed by atoms with van der Waals surface area (Å²) in [6.45, 7) is 3.34. The summed E-state index contributed by atoms with van der Waals surface area (Å²) in [6.07, 6.45) is 5.05. The van der Waals surface area contributed by atoms with E-state index in [4.69, 9.17) is 4.74 Å². The molecule has 2 aromatic heterocycles. The van der Waals surface area contributed by atoms with Crippen LogP contribution < -0.4 is 4.74 Å². The zero-order valence-corrected chi connectivity index (χ0v) is 15.2. The number of nitrogens with one attached hydrogen (secondary N) is 1. The van der Waals surface area contributed by atoms with Crippen molar-refractivity contribution < 1.29 is 9.53 Å². The molecule has 4 rings (SSSR count). The SMILES string of the molecule is CCN(CCc1nc2ccc(OC)cc2[nH]1)C(=O)c1cccn1C1CC1. The van der Waals surface area contributed by atoms with Crippen LogP contribution in [0.5, 0.6) is 5.75 Å². The highest BCUT2D eigenvalue weighted by atomic mass is 16.5. The van der Waals surface area contributed by atoms with Crippen molar-refractivity contribution >= 4 is 16.9 Å². The van der Waals surface area contributed by atoms with E-state index >= 15 is 0 Å². The highest BCUT2D eigenvalue weighted by Gasteiger charge is 2.28. The molecule has 0 spiro atoms. The predicted molar refractivity (Wildman–Crippen MR) is 101 cm³/mol. The fourth-order valence-corrected chi connectivity index (χ4v) is 3.34. The van der Waals surface area contributed by atoms with Gasteiger partial charge in [0.1, 0.15) is 17.3 Å². The van der Waals surface area contributed by atoms with Gasteiger partial charge >= 0.3 is 0 Å². The molecule has 6 heteroatoms. The average Bonchev–Trinajstić information content (AvgIpc) is 3.24. The van der Waals surface area contributed by atoms with Gasteiger partial charge in [0.05, 0.1) is 18.1 Å². The number of carbonyl (C=O) groups is 1. The Balaban J connectivity index is 1.46. The number of likely N-dealkylation sites (N-methyl/N-ethyl adjacent to an activating group) is 1. The molecule has 136 valence electrons. The van der Waals surface area contributed by atoms with E-state index in [1.165, 1.54) is 12.8 Å². The lowest BCUT2D eigenvalue weighted by atomic mass is 10.3. The third-order valence-electron chi connectivity index (χ3n) is 4.96. The first kappa shape index (κ1) is 16.7. The van der Waals surface area contributed by atoms with Gasteiger partial charge in [0.25, 0.3) is 5.91 Å². The molecule has 1 aromatic carbocycles. The predicted octanol–water partition coefficient (Wildman–Crippen LogP) is 3.41. The second-order valence-electron chi connectivity index (χ2n) is 6.73. The minimum absolute atomic E-state index is 0.0992. The molecule has 0 unspecified atom stereocenters. The van der Waals surface area contributed by atoms with Gasteiger partial charge in [-0.1, -0.05) is 0 Å². The van der Waals surface area contributed by atoms with Gasteiger partial charge in [0.15, 0.2) is 0 Å². The molecule has 1 N–H and O–H groups in total. The van der Waals surface area contributed by atoms with Crippen LogP contribution in [-0.2, 0) is 6.42 Å². The molecule has 0 radical (unpaired) electrons. The smallest absolute Gasteiger partial charge is 0.270 e. The number of amides is 1. The Morgan fingerprint density at radius 2 is 2.23 bits per heavy atom. The third-order valence-corrected chi connectivity index (χ3v) is 4.96. The van der Waals surface area contributed by atoms with Crippen LogP contribution in [0, 0.1) is 0 Å². The first-order chi connectivity index (χ1) is 12.7. The Bertz CT molecular complexity index is 923. The van der Waals surface area contributed by atoms with Crippen molar-refractivity contribution in [1.29, 1.82) is 0 Å². The first-order valence-electron chi connectivity index (χ1n) is 9.18. The summed E-state index contributed by atoms with van der Waals surface area (Å²) in [4.78, 5) is 22.8. The van der Waals surface area contributed by atoms with E-state index < -0.39 is 0 Å². The first-order valence-corrected chi connectivity index (χ1v) is 9.18. The standard InChI is InChI=1S/C20H24N4O2/c1-3-23(20(25)18-5-4-11-24(18)14-6-7-14)12-10-19-21-16-9-8-15(26-2)13-17(16)22-19/h4-5,8-9,11,13-14H,3,6-7,10,12H2,1-2H3,(H,21,22). The number of fused-ring (bicyclic) bond motifs is 1. The molecule has 0 aliphatic heterocycles. The van der Waals surface area contributed by atoms with E-state index in [1.54, 1.807) is 7.11 Å². The summed E-state index contributed by atoms with van der Waals surface area (Å²) in [5.74, 6) is 1.79. The van der Waals surface area contributed by atoms with Crippen LogP contribution in [0.3, 0.4) is 0 Å². The Hall–Kier alpha value is -2.76. The fraction of sp³-hybridized carbons (Fsp3) is 0.400. The number of imidazole rings is 1. The van der Waals surface area contributed by atoms with E-state index in [0.29, 0.717) is 25.6 Å². The van der Waals surface area contributed by atoms with E-state index in [-0.39, 0.29) is 5.91 Å². The number of aromatic nitrogens is 3. The second-order valence-corrected chi connectivity index (χ2v) is 6.73. The largest absolute Gasteiger partial charge is 0.497 e. The molecule has 1 amide bonds. The van der Waals surface area contributed by atoms with Crippen molar-refractivity contribution in [1.82, 2.24) is 19.4 Å². The van der Waals surface area contributed by atoms with Gasteiger partial charge in [0, 0.05) is 37.8 Å². The summed E-state index contributed by atoms with van der Waals surface area (Å²) in [7, 11) is 1.65. The molecular formula is C20H24N4O2. The molecule has 6 nitrogen and oxygen atoms in total. The minimum atomic E-state index is 0.0992. The van der Waals surface area contributed by atoms with Crippen LogP contribution in [0.4, 0.5) is 0 Å². The lowest BCUT2D eigenvalue weighted by molar-refractivity contribution is 0.0754. The van der Waals surface area contributed by atoms with Crippen LogP contribution in [0.2, 0.25) is 0 Å². The minimum Gasteiger partial charge on any atom is -0.497 e. The van der Waals surface area contributed by atoms with E-state index in [9.17, 15) is 4.79 Å². The van der Waals surface area contributed by atoms with Crippen molar-refractivity contribution in [2.45, 2.75) is 32.2 Å². The highest BCUT2D eigenvalue weighted by molar-refractivity contribution is 5.93. The lowest BCUT2D eigenvalue weighted by Gasteiger charge is -2.21. The van der Waals surface area contributed by atoms with Crippen LogP contribution >= 0.6 is 0 Å². The Kier molecular flexibility index (Phi) is 4.41. The average molecular weight is 352 g/mol. The van der Waals surface area contributed by atoms with E-state index in [1.807, 2.05) is 48.4 Å². The number of hydrogen-bond donors (Lipinski definition) is 1. The van der Waals surface area contributed by atoms with Gasteiger partial charge in [-0.3, -0.25) is 4.79 Å². The molecular weight excluding hydrogens is 328 g/mol. The van der Waals surface area contributed by atoms with Gasteiger partial charge in [-0.15, -0.1) is 0 Å². The van der Waals surface area contributed by atoms with Gasteiger partial charge in [-0.05, 0) is 44.0 Å². The molecule has 26 heavy (non-hydrogen) atoms. The Morgan fingerprint density at radius 1 is 1.38 bits per heavy atom. The summed E-state index contributed by atoms with van der Waals surface area (Å²) in [5.41, 5.74) is 2.66. The number of nitrogens with zero attached hydrogens (tertiary/aromatic N) is 3. The van der Waals surface area contributed by atoms with Crippen molar-refractivity contribution in [3.05, 3.63) is 48.0 Å². The van der Waals surface area contributed by atoms with Gasteiger partial charge in [-0.2, -0.15) is 0 Å². The second kappa shape index (κ2) is 6.86. The van der Waals surface area contributed by atoms with Crippen LogP contribution in [0.25, 0.3) is 11.0 Å². The van der Waals surface area contributed by atoms with Crippen molar-refractivity contribution in [3.63, 3.8) is 0 Å². The van der Waals surface area contributed by atoms with Crippen molar-refractivity contribution in [2.75, 3.05) is 20.2 Å². The fourth-order valence-electron chi connectivity index (χ4n) is 3.34. The number of methoxy groups -OCH3 is 1. The summed E-state index contributed by atoms with van der Waals surface area (Å²) in [6, 6.07) is 10.2. The number of ether oxygens (including phenoxy) is 1. The summed E-state index contributed by atoms with van der Waals surface area (Å²) in [5, 5.41) is 0. The molecule has 1 fully saturated rings. The number of rotatable bonds is 7. The molecule has 0 atom stereocenters. The zero-order chi connectivity index (χ0) is 18.1. The monoisotopic (exact) mass is 352 g/mol. The molecule has 2 heterocycles. The van der Waals surface area contributed by atoms with Crippen LogP contribution in [0.15, 0.2) is 36.5 Å². The lowest BCUT2D eigenvalue weighted by Crippen LogP contribution is -2.34. The van der Waals surface area contributed by atoms with E-state index in [2.05, 4.69) is 14.5 Å². The number of hydrogen-bond acceptors (Lipinski definition) is 3. The number of carbonyl (C=O) groups excluding carboxylic acids is 1. The van der Waals surface area contributed by atoms with Crippen LogP contribution in [0.1, 0.15) is 42.1 Å². The summed E-state index contributed by atoms with van der Waals surface area (Å²) >= 11 is 0. The Labute approximate surface area is 152 Å². The zero-order valence-electron chi connectivity index (χ0n) is 15.2. The van der Waals surface area contributed by atoms with Crippen LogP contribution in [-0.4, -0.2) is 45.5 Å². The maximum atomic E-state index is 12.9. The van der Waals surface area contributed by atoms with Crippen molar-refractivity contribution in [2.24, 2.45) is 0 Å². The molecule has 0 bridgehead atoms. The van der Waals surface area contributed by atoms with Gasteiger partial charge in [0.2, 0.25) is 0 Å². The molecule has 1 aliphatic carbocycles. The maximum absolute atomic E-state index is 12.9. The normalized spacial score (nSPS) is 13.9. The summed E-state index contributed by atoms with van der Waals surface area (Å²) < 4.78 is 7.38. The quantitative estimate of drug-likeness (QED) is 0.709. The van der Waals surface area contributed by atoms with Gasteiger partial charge in [-0.25, -0.2) is 4.98 Å². The van der Waals surface area contributed by atoms with Gasteiger partial charge < -0.3 is 19.2 Å². The van der Waals surface area contributed by atoms with E-state index in [0.717, 1.165) is 28.3 Å². The molecule has 0 saturated heterocycles. The van der Waals surface area contributed by atoms with Crippen molar-refractivity contribution in [3.8, 4) is 5.75 Å².